The molecule has 0 heterocycles. The zero-order valence-corrected chi connectivity index (χ0v) is 24.0. The highest BCUT2D eigenvalue weighted by molar-refractivity contribution is 5.84. The first-order valence-corrected chi connectivity index (χ1v) is 14.6. The van der Waals surface area contributed by atoms with E-state index in [0.717, 1.165) is 22.5 Å². The smallest absolute Gasteiger partial charge is 0.0456 e. The fraction of sp³-hybridized carbons (Fsp3) is 0. The van der Waals surface area contributed by atoms with Gasteiger partial charge in [0.25, 0.3) is 0 Å². The van der Waals surface area contributed by atoms with Gasteiger partial charge < -0.3 is 4.90 Å². The summed E-state index contributed by atoms with van der Waals surface area (Å²) in [6, 6.07) is 61.5. The normalized spacial score (nSPS) is 10.7. The molecule has 6 aromatic carbocycles. The Morgan fingerprint density at radius 1 is 0.372 bits per heavy atom. The molecule has 0 aliphatic carbocycles. The highest BCUT2D eigenvalue weighted by Crippen LogP contribution is 2.32. The van der Waals surface area contributed by atoms with Gasteiger partial charge in [0.2, 0.25) is 0 Å². The summed E-state index contributed by atoms with van der Waals surface area (Å²) in [4.78, 5) is 2.27. The SMILES string of the molecule is C(/C=C/c1ccc(N(C=C(c2ccccc2)c2ccccc2)c2ccccc2)cc1)=C(c1ccccc1)c1ccccc1. The van der Waals surface area contributed by atoms with Crippen LogP contribution < -0.4 is 4.90 Å². The van der Waals surface area contributed by atoms with Crippen LogP contribution in [0, 0.1) is 0 Å². The van der Waals surface area contributed by atoms with Crippen LogP contribution in [0.25, 0.3) is 17.2 Å². The van der Waals surface area contributed by atoms with Crippen LogP contribution in [0.1, 0.15) is 27.8 Å². The van der Waals surface area contributed by atoms with Crippen molar-refractivity contribution < 1.29 is 0 Å². The number of hydrogen-bond donors (Lipinski definition) is 0. The van der Waals surface area contributed by atoms with Crippen LogP contribution in [0.5, 0.6) is 0 Å². The molecule has 6 aromatic rings. The molecule has 0 saturated heterocycles. The molecule has 0 bridgehead atoms. The molecule has 1 nitrogen and oxygen atoms in total. The molecule has 0 aliphatic rings. The van der Waals surface area contributed by atoms with Gasteiger partial charge in [-0.3, -0.25) is 0 Å². The lowest BCUT2D eigenvalue weighted by molar-refractivity contribution is 1.28. The van der Waals surface area contributed by atoms with Gasteiger partial charge in [-0.25, -0.2) is 0 Å². The van der Waals surface area contributed by atoms with Crippen LogP contribution in [0.2, 0.25) is 0 Å². The number of rotatable bonds is 9. The predicted octanol–water partition coefficient (Wildman–Crippen LogP) is 11.1. The number of hydrogen-bond acceptors (Lipinski definition) is 1. The molecule has 0 saturated carbocycles. The Bertz CT molecular complexity index is 1720. The summed E-state index contributed by atoms with van der Waals surface area (Å²) in [5, 5.41) is 0. The van der Waals surface area contributed by atoms with Crippen molar-refractivity contribution in [1.29, 1.82) is 0 Å². The van der Waals surface area contributed by atoms with Gasteiger partial charge in [0.15, 0.2) is 0 Å². The van der Waals surface area contributed by atoms with E-state index in [1.807, 2.05) is 0 Å². The first-order chi connectivity index (χ1) is 21.3. The first kappa shape index (κ1) is 27.5. The number of para-hydroxylation sites is 1. The molecular weight excluding hydrogens is 518 g/mol. The summed E-state index contributed by atoms with van der Waals surface area (Å²) >= 11 is 0. The fourth-order valence-corrected chi connectivity index (χ4v) is 5.16. The summed E-state index contributed by atoms with van der Waals surface area (Å²) in [7, 11) is 0. The summed E-state index contributed by atoms with van der Waals surface area (Å²) in [5.74, 6) is 0. The molecule has 0 amide bonds. The number of benzene rings is 6. The second-order valence-electron chi connectivity index (χ2n) is 10.2. The van der Waals surface area contributed by atoms with Gasteiger partial charge in [-0.15, -0.1) is 0 Å². The van der Waals surface area contributed by atoms with Crippen molar-refractivity contribution in [3.63, 3.8) is 0 Å². The van der Waals surface area contributed by atoms with E-state index in [0.29, 0.717) is 0 Å². The van der Waals surface area contributed by atoms with E-state index in [4.69, 9.17) is 0 Å². The lowest BCUT2D eigenvalue weighted by Crippen LogP contribution is -2.10. The predicted molar refractivity (Wildman–Crippen MR) is 184 cm³/mol. The van der Waals surface area contributed by atoms with Crippen molar-refractivity contribution >= 4 is 28.6 Å². The molecule has 0 aliphatic heterocycles. The third kappa shape index (κ3) is 6.98. The molecule has 0 radical (unpaired) electrons. The van der Waals surface area contributed by atoms with Gasteiger partial charge in [0, 0.05) is 23.1 Å². The summed E-state index contributed by atoms with van der Waals surface area (Å²) in [5.41, 5.74) is 10.5. The van der Waals surface area contributed by atoms with E-state index in [1.54, 1.807) is 0 Å². The van der Waals surface area contributed by atoms with Crippen molar-refractivity contribution in [2.45, 2.75) is 0 Å². The Kier molecular flexibility index (Phi) is 8.83. The maximum Gasteiger partial charge on any atom is 0.0456 e. The van der Waals surface area contributed by atoms with Crippen molar-refractivity contribution in [3.8, 4) is 0 Å². The van der Waals surface area contributed by atoms with E-state index in [1.165, 1.54) is 27.8 Å². The molecule has 206 valence electrons. The number of allylic oxidation sites excluding steroid dienone is 2. The van der Waals surface area contributed by atoms with E-state index >= 15 is 0 Å². The van der Waals surface area contributed by atoms with E-state index in [-0.39, 0.29) is 0 Å². The minimum Gasteiger partial charge on any atom is -0.317 e. The van der Waals surface area contributed by atoms with Crippen LogP contribution >= 0.6 is 0 Å². The van der Waals surface area contributed by atoms with E-state index < -0.39 is 0 Å². The van der Waals surface area contributed by atoms with Gasteiger partial charge in [0.1, 0.15) is 0 Å². The first-order valence-electron chi connectivity index (χ1n) is 14.6. The van der Waals surface area contributed by atoms with Crippen LogP contribution in [-0.4, -0.2) is 0 Å². The van der Waals surface area contributed by atoms with Crippen molar-refractivity contribution in [3.05, 3.63) is 222 Å². The molecule has 6 rings (SSSR count). The van der Waals surface area contributed by atoms with Gasteiger partial charge in [-0.1, -0.05) is 170 Å². The van der Waals surface area contributed by atoms with Crippen LogP contribution in [0.3, 0.4) is 0 Å². The molecule has 0 atom stereocenters. The second-order valence-corrected chi connectivity index (χ2v) is 10.2. The van der Waals surface area contributed by atoms with Gasteiger partial charge in [-0.05, 0) is 57.7 Å². The van der Waals surface area contributed by atoms with Crippen LogP contribution in [0.15, 0.2) is 194 Å². The Labute approximate surface area is 255 Å². The highest BCUT2D eigenvalue weighted by atomic mass is 15.1. The largest absolute Gasteiger partial charge is 0.317 e. The molecule has 0 fully saturated rings. The monoisotopic (exact) mass is 551 g/mol. The highest BCUT2D eigenvalue weighted by Gasteiger charge is 2.12. The molecular formula is C42H33N. The Morgan fingerprint density at radius 2 is 0.744 bits per heavy atom. The van der Waals surface area contributed by atoms with Gasteiger partial charge in [-0.2, -0.15) is 0 Å². The topological polar surface area (TPSA) is 3.24 Å². The molecule has 1 heteroatoms. The molecule has 0 spiro atoms. The summed E-state index contributed by atoms with van der Waals surface area (Å²) < 4.78 is 0. The maximum absolute atomic E-state index is 2.27. The average Bonchev–Trinajstić information content (AvgIpc) is 3.09. The van der Waals surface area contributed by atoms with Crippen LogP contribution in [-0.2, 0) is 0 Å². The van der Waals surface area contributed by atoms with Crippen molar-refractivity contribution in [2.24, 2.45) is 0 Å². The number of anilines is 2. The quantitative estimate of drug-likeness (QED) is 0.162. The average molecular weight is 552 g/mol. The lowest BCUT2D eigenvalue weighted by atomic mass is 9.97. The maximum atomic E-state index is 2.27. The van der Waals surface area contributed by atoms with Gasteiger partial charge in [0.05, 0.1) is 0 Å². The molecule has 0 N–H and O–H groups in total. The minimum absolute atomic E-state index is 1.09. The Balaban J connectivity index is 1.34. The standard InChI is InChI=1S/C42H33N/c1-6-18-35(19-7-1)41(36-20-8-2-9-21-36)28-16-17-34-29-31-40(32-30-34)43(39-26-14-5-15-27-39)33-42(37-22-10-3-11-23-37)38-24-12-4-13-25-38/h1-33H/b17-16+. The molecule has 0 aromatic heterocycles. The number of nitrogens with zero attached hydrogens (tertiary/aromatic N) is 1. The fourth-order valence-electron chi connectivity index (χ4n) is 5.16. The van der Waals surface area contributed by atoms with Gasteiger partial charge >= 0.3 is 0 Å². The molecule has 43 heavy (non-hydrogen) atoms. The van der Waals surface area contributed by atoms with Crippen LogP contribution in [0.4, 0.5) is 11.4 Å². The third-order valence-electron chi connectivity index (χ3n) is 7.35. The minimum atomic E-state index is 1.09. The zero-order chi connectivity index (χ0) is 29.1. The van der Waals surface area contributed by atoms with Crippen molar-refractivity contribution in [1.82, 2.24) is 0 Å². The Hall–Kier alpha value is -5.66. The Morgan fingerprint density at radius 3 is 1.19 bits per heavy atom. The summed E-state index contributed by atoms with van der Waals surface area (Å²) in [6.45, 7) is 0. The summed E-state index contributed by atoms with van der Waals surface area (Å²) in [6.07, 6.45) is 8.75. The zero-order valence-electron chi connectivity index (χ0n) is 24.0. The van der Waals surface area contributed by atoms with E-state index in [2.05, 4.69) is 205 Å². The molecule has 0 unspecified atom stereocenters. The van der Waals surface area contributed by atoms with Crippen molar-refractivity contribution in [2.75, 3.05) is 4.90 Å². The lowest BCUT2D eigenvalue weighted by Gasteiger charge is -2.23. The third-order valence-corrected chi connectivity index (χ3v) is 7.35. The van der Waals surface area contributed by atoms with E-state index in [9.17, 15) is 0 Å². The second kappa shape index (κ2) is 13.8.